The Bertz CT molecular complexity index is 1130. The van der Waals surface area contributed by atoms with Gasteiger partial charge in [0.1, 0.15) is 12.1 Å². The highest BCUT2D eigenvalue weighted by molar-refractivity contribution is 7.81. The van der Waals surface area contributed by atoms with Crippen LogP contribution in [0.3, 0.4) is 0 Å². The van der Waals surface area contributed by atoms with E-state index >= 15 is 0 Å². The number of amides is 3. The predicted molar refractivity (Wildman–Crippen MR) is 137 cm³/mol. The van der Waals surface area contributed by atoms with Crippen molar-refractivity contribution >= 4 is 36.2 Å². The Hall–Kier alpha value is -3.60. The topological polar surface area (TPSA) is 151 Å². The van der Waals surface area contributed by atoms with E-state index in [-0.39, 0.29) is 18.2 Å². The van der Waals surface area contributed by atoms with Crippen LogP contribution < -0.4 is 16.0 Å². The van der Waals surface area contributed by atoms with Gasteiger partial charge in [-0.25, -0.2) is 4.79 Å². The number of nitro benzene ring substituents is 1. The molecule has 2 aromatic carbocycles. The zero-order valence-corrected chi connectivity index (χ0v) is 21.0. The number of fused-ring (bicyclic) bond motifs is 1. The average molecular weight is 515 g/mol. The van der Waals surface area contributed by atoms with Crippen LogP contribution in [0.15, 0.2) is 48.5 Å². The summed E-state index contributed by atoms with van der Waals surface area (Å²) in [4.78, 5) is 48.3. The fraction of sp³-hybridized carbons (Fsp3) is 0.400. The van der Waals surface area contributed by atoms with Crippen LogP contribution in [0.2, 0.25) is 0 Å². The lowest BCUT2D eigenvalue weighted by molar-refractivity contribution is -0.384. The molecular weight excluding hydrogens is 484 g/mol. The summed E-state index contributed by atoms with van der Waals surface area (Å²) in [5.74, 6) is -1.14. The first-order valence-electron chi connectivity index (χ1n) is 11.6. The van der Waals surface area contributed by atoms with Crippen molar-refractivity contribution in [2.45, 2.75) is 62.4 Å². The Labute approximate surface area is 214 Å². The number of nitrogens with zero attached hydrogens (tertiary/aromatic N) is 1. The molecule has 0 saturated carbocycles. The average Bonchev–Trinajstić information content (AvgIpc) is 2.81. The summed E-state index contributed by atoms with van der Waals surface area (Å²) in [5.41, 5.74) is 2.69. The number of rotatable bonds is 9. The smallest absolute Gasteiger partial charge is 0.405 e. The Balaban J connectivity index is 1.85. The fourth-order valence-electron chi connectivity index (χ4n) is 4.32. The van der Waals surface area contributed by atoms with Gasteiger partial charge in [0.25, 0.3) is 5.69 Å². The van der Waals surface area contributed by atoms with Crippen LogP contribution in [0.1, 0.15) is 49.4 Å². The number of carbonyl (C=O) groups is 3. The summed E-state index contributed by atoms with van der Waals surface area (Å²) in [7, 11) is 0. The molecular formula is C25H30N4O6S. The minimum atomic E-state index is -1.40. The number of thiol groups is 1. The SMILES string of the molecule is CC(C)(S)[C@H](NC(=O)O)C(=O)N[C@@H](Cc1ccc([N+](=O)[O-])cc1)C(=O)N[C@@H]1CCCc2ccccc21. The maximum absolute atomic E-state index is 13.4. The number of nitro groups is 1. The number of carbonyl (C=O) groups excluding carboxylic acids is 2. The third kappa shape index (κ3) is 6.97. The van der Waals surface area contributed by atoms with Crippen LogP contribution >= 0.6 is 12.6 Å². The second-order valence-corrected chi connectivity index (χ2v) is 10.5. The number of hydrogen-bond acceptors (Lipinski definition) is 6. The number of benzene rings is 2. The van der Waals surface area contributed by atoms with Gasteiger partial charge in [0.05, 0.1) is 11.0 Å². The number of non-ortho nitro benzene ring substituents is 1. The van der Waals surface area contributed by atoms with Crippen molar-refractivity contribution in [3.8, 4) is 0 Å². The Morgan fingerprint density at radius 1 is 1.11 bits per heavy atom. The number of hydrogen-bond donors (Lipinski definition) is 5. The molecule has 192 valence electrons. The zero-order valence-electron chi connectivity index (χ0n) is 20.1. The molecule has 0 unspecified atom stereocenters. The second kappa shape index (κ2) is 11.4. The maximum atomic E-state index is 13.4. The minimum absolute atomic E-state index is 0.0523. The molecule has 11 heteroatoms. The fourth-order valence-corrected chi connectivity index (χ4v) is 4.50. The summed E-state index contributed by atoms with van der Waals surface area (Å²) < 4.78 is -1.06. The van der Waals surface area contributed by atoms with E-state index < -0.39 is 39.7 Å². The molecule has 0 fully saturated rings. The van der Waals surface area contributed by atoms with Crippen molar-refractivity contribution in [3.05, 3.63) is 75.3 Å². The highest BCUT2D eigenvalue weighted by atomic mass is 32.1. The summed E-state index contributed by atoms with van der Waals surface area (Å²) in [6.07, 6.45) is 1.22. The Morgan fingerprint density at radius 2 is 1.78 bits per heavy atom. The summed E-state index contributed by atoms with van der Waals surface area (Å²) in [6.45, 7) is 3.17. The van der Waals surface area contributed by atoms with Gasteiger partial charge in [-0.05, 0) is 49.8 Å². The van der Waals surface area contributed by atoms with E-state index in [1.54, 1.807) is 13.8 Å². The van der Waals surface area contributed by atoms with Gasteiger partial charge in [0.15, 0.2) is 0 Å². The van der Waals surface area contributed by atoms with E-state index in [4.69, 9.17) is 0 Å². The predicted octanol–water partition coefficient (Wildman–Crippen LogP) is 3.16. The lowest BCUT2D eigenvalue weighted by Gasteiger charge is -2.31. The van der Waals surface area contributed by atoms with Crippen molar-refractivity contribution in [1.82, 2.24) is 16.0 Å². The minimum Gasteiger partial charge on any atom is -0.465 e. The van der Waals surface area contributed by atoms with Gasteiger partial charge in [0, 0.05) is 23.3 Å². The van der Waals surface area contributed by atoms with Crippen LogP contribution in [-0.4, -0.2) is 44.8 Å². The molecule has 10 nitrogen and oxygen atoms in total. The van der Waals surface area contributed by atoms with Gasteiger partial charge in [-0.2, -0.15) is 12.6 Å². The van der Waals surface area contributed by atoms with Crippen LogP contribution in [0, 0.1) is 10.1 Å². The van der Waals surface area contributed by atoms with Crippen LogP contribution in [-0.2, 0) is 22.4 Å². The van der Waals surface area contributed by atoms with Gasteiger partial charge in [-0.1, -0.05) is 36.4 Å². The number of nitrogens with one attached hydrogen (secondary N) is 3. The third-order valence-electron chi connectivity index (χ3n) is 6.14. The summed E-state index contributed by atoms with van der Waals surface area (Å²) in [5, 5.41) is 28.0. The van der Waals surface area contributed by atoms with Gasteiger partial charge in [-0.3, -0.25) is 19.7 Å². The summed E-state index contributed by atoms with van der Waals surface area (Å²) in [6, 6.07) is 11.1. The standard InChI is InChI=1S/C25H30N4O6S/c1-25(2,36)21(28-24(32)33)23(31)27-20(14-15-10-12-17(13-11-15)29(34)35)22(30)26-19-9-5-7-16-6-3-4-8-18(16)19/h3-4,6,8,10-13,19-21,28,36H,5,7,9,14H2,1-2H3,(H,26,30)(H,27,31)(H,32,33)/t19-,20+,21-/m1/s1. The molecule has 0 aliphatic heterocycles. The molecule has 3 amide bonds. The van der Waals surface area contributed by atoms with Crippen molar-refractivity contribution in [2.75, 3.05) is 0 Å². The molecule has 0 saturated heterocycles. The normalized spacial score (nSPS) is 16.7. The first-order valence-corrected chi connectivity index (χ1v) is 12.0. The monoisotopic (exact) mass is 514 g/mol. The van der Waals surface area contributed by atoms with Crippen molar-refractivity contribution in [1.29, 1.82) is 0 Å². The quantitative estimate of drug-likeness (QED) is 0.197. The first kappa shape index (κ1) is 27.0. The van der Waals surface area contributed by atoms with Crippen molar-refractivity contribution in [2.24, 2.45) is 0 Å². The maximum Gasteiger partial charge on any atom is 0.405 e. The summed E-state index contributed by atoms with van der Waals surface area (Å²) >= 11 is 4.35. The van der Waals surface area contributed by atoms with E-state index in [1.807, 2.05) is 24.3 Å². The van der Waals surface area contributed by atoms with Gasteiger partial charge < -0.3 is 21.1 Å². The third-order valence-corrected chi connectivity index (χ3v) is 6.40. The van der Waals surface area contributed by atoms with E-state index in [9.17, 15) is 29.6 Å². The first-order chi connectivity index (χ1) is 17.0. The lowest BCUT2D eigenvalue weighted by atomic mass is 9.87. The van der Waals surface area contributed by atoms with Crippen molar-refractivity contribution < 1.29 is 24.4 Å². The highest BCUT2D eigenvalue weighted by Gasteiger charge is 2.36. The molecule has 0 radical (unpaired) electrons. The van der Waals surface area contributed by atoms with E-state index in [1.165, 1.54) is 24.3 Å². The van der Waals surface area contributed by atoms with Crippen LogP contribution in [0.5, 0.6) is 0 Å². The highest BCUT2D eigenvalue weighted by Crippen LogP contribution is 2.29. The lowest BCUT2D eigenvalue weighted by Crippen LogP contribution is -2.59. The van der Waals surface area contributed by atoms with Gasteiger partial charge in [0.2, 0.25) is 11.8 Å². The molecule has 0 bridgehead atoms. The van der Waals surface area contributed by atoms with E-state index in [2.05, 4.69) is 28.6 Å². The van der Waals surface area contributed by atoms with E-state index in [0.717, 1.165) is 30.4 Å². The largest absolute Gasteiger partial charge is 0.465 e. The van der Waals surface area contributed by atoms with E-state index in [0.29, 0.717) is 5.56 Å². The second-order valence-electron chi connectivity index (χ2n) is 9.38. The zero-order chi connectivity index (χ0) is 26.5. The van der Waals surface area contributed by atoms with Crippen LogP contribution in [0.4, 0.5) is 10.5 Å². The van der Waals surface area contributed by atoms with Crippen LogP contribution in [0.25, 0.3) is 0 Å². The molecule has 4 N–H and O–H groups in total. The number of aryl methyl sites for hydroxylation is 1. The van der Waals surface area contributed by atoms with Crippen molar-refractivity contribution in [3.63, 3.8) is 0 Å². The molecule has 3 atom stereocenters. The molecule has 1 aliphatic carbocycles. The molecule has 0 aromatic heterocycles. The van der Waals surface area contributed by atoms with Gasteiger partial charge in [-0.15, -0.1) is 0 Å². The molecule has 1 aliphatic rings. The molecule has 2 aromatic rings. The number of carboxylic acid groups (broad SMARTS) is 1. The molecule has 0 spiro atoms. The Morgan fingerprint density at radius 3 is 2.39 bits per heavy atom. The Kier molecular flexibility index (Phi) is 8.57. The molecule has 3 rings (SSSR count). The molecule has 0 heterocycles. The van der Waals surface area contributed by atoms with Gasteiger partial charge >= 0.3 is 6.09 Å². The molecule has 36 heavy (non-hydrogen) atoms.